The Hall–Kier alpha value is -1.40. The predicted octanol–water partition coefficient (Wildman–Crippen LogP) is 1.30. The van der Waals surface area contributed by atoms with Crippen LogP contribution in [0.3, 0.4) is 0 Å². The van der Waals surface area contributed by atoms with Crippen molar-refractivity contribution >= 4 is 5.97 Å². The molecule has 0 saturated heterocycles. The van der Waals surface area contributed by atoms with Crippen molar-refractivity contribution in [1.29, 1.82) is 0 Å². The Bertz CT molecular complexity index is 384. The van der Waals surface area contributed by atoms with Gasteiger partial charge in [-0.3, -0.25) is 9.69 Å². The Balaban J connectivity index is 2.60. The predicted molar refractivity (Wildman–Crippen MR) is 69.8 cm³/mol. The lowest BCUT2D eigenvalue weighted by Gasteiger charge is -2.21. The molecule has 0 fully saturated rings. The maximum atomic E-state index is 11.2. The molecule has 0 aromatic carbocycles. The van der Waals surface area contributed by atoms with Gasteiger partial charge in [0.25, 0.3) is 0 Å². The van der Waals surface area contributed by atoms with Crippen molar-refractivity contribution in [2.75, 3.05) is 33.9 Å². The Morgan fingerprint density at radius 3 is 2.58 bits per heavy atom. The molecule has 0 atom stereocenters. The molecule has 0 aliphatic rings. The van der Waals surface area contributed by atoms with Gasteiger partial charge in [0.2, 0.25) is 0 Å². The molecule has 108 valence electrons. The fourth-order valence-corrected chi connectivity index (χ4v) is 1.79. The molecule has 6 heteroatoms. The number of hydrogen-bond acceptors (Lipinski definition) is 6. The van der Waals surface area contributed by atoms with Crippen LogP contribution in [0.15, 0.2) is 4.52 Å². The number of carbonyl (C=O) groups excluding carboxylic acids is 1. The zero-order valence-corrected chi connectivity index (χ0v) is 12.1. The highest BCUT2D eigenvalue weighted by Crippen LogP contribution is 2.15. The third kappa shape index (κ3) is 5.00. The van der Waals surface area contributed by atoms with Crippen molar-refractivity contribution in [3.05, 3.63) is 17.0 Å². The van der Waals surface area contributed by atoms with Gasteiger partial charge in [-0.15, -0.1) is 0 Å². The summed E-state index contributed by atoms with van der Waals surface area (Å²) in [7, 11) is 3.06. The Labute approximate surface area is 113 Å². The van der Waals surface area contributed by atoms with E-state index < -0.39 is 0 Å². The summed E-state index contributed by atoms with van der Waals surface area (Å²) in [5.41, 5.74) is 1.96. The molecule has 6 nitrogen and oxygen atoms in total. The van der Waals surface area contributed by atoms with Gasteiger partial charge >= 0.3 is 5.97 Å². The third-order valence-corrected chi connectivity index (χ3v) is 3.03. The first-order chi connectivity index (χ1) is 9.08. The Morgan fingerprint density at radius 2 is 2.05 bits per heavy atom. The van der Waals surface area contributed by atoms with Crippen LogP contribution in [0.2, 0.25) is 0 Å². The second-order valence-corrected chi connectivity index (χ2v) is 4.40. The van der Waals surface area contributed by atoms with E-state index in [0.29, 0.717) is 26.1 Å². The maximum Gasteiger partial charge on any atom is 0.306 e. The van der Waals surface area contributed by atoms with E-state index in [2.05, 4.69) is 14.8 Å². The number of aromatic nitrogens is 1. The number of hydrogen-bond donors (Lipinski definition) is 0. The Kier molecular flexibility index (Phi) is 6.52. The van der Waals surface area contributed by atoms with Crippen LogP contribution in [0, 0.1) is 13.8 Å². The fourth-order valence-electron chi connectivity index (χ4n) is 1.79. The van der Waals surface area contributed by atoms with Gasteiger partial charge in [-0.05, 0) is 13.8 Å². The van der Waals surface area contributed by atoms with Gasteiger partial charge in [0.05, 0.1) is 25.8 Å². The normalized spacial score (nSPS) is 11.0. The van der Waals surface area contributed by atoms with Gasteiger partial charge < -0.3 is 14.0 Å². The first-order valence-electron chi connectivity index (χ1n) is 6.28. The molecule has 1 rings (SSSR count). The van der Waals surface area contributed by atoms with E-state index in [-0.39, 0.29) is 5.97 Å². The second kappa shape index (κ2) is 7.91. The van der Waals surface area contributed by atoms with Gasteiger partial charge in [0, 0.05) is 32.3 Å². The van der Waals surface area contributed by atoms with Gasteiger partial charge in [-0.1, -0.05) is 5.16 Å². The van der Waals surface area contributed by atoms with Crippen molar-refractivity contribution < 1.29 is 18.8 Å². The molecule has 19 heavy (non-hydrogen) atoms. The number of nitrogens with zero attached hydrogens (tertiary/aromatic N) is 2. The summed E-state index contributed by atoms with van der Waals surface area (Å²) in [6.07, 6.45) is 0.365. The Morgan fingerprint density at radius 1 is 1.32 bits per heavy atom. The highest BCUT2D eigenvalue weighted by molar-refractivity contribution is 5.69. The van der Waals surface area contributed by atoms with E-state index >= 15 is 0 Å². The van der Waals surface area contributed by atoms with Gasteiger partial charge in [-0.25, -0.2) is 0 Å². The van der Waals surface area contributed by atoms with E-state index in [9.17, 15) is 4.79 Å². The molecule has 1 aromatic rings. The van der Waals surface area contributed by atoms with Crippen LogP contribution < -0.4 is 0 Å². The lowest BCUT2D eigenvalue weighted by Crippen LogP contribution is -2.30. The summed E-state index contributed by atoms with van der Waals surface area (Å²) >= 11 is 0. The first-order valence-corrected chi connectivity index (χ1v) is 6.28. The van der Waals surface area contributed by atoms with E-state index in [4.69, 9.17) is 9.26 Å². The van der Waals surface area contributed by atoms with E-state index in [1.165, 1.54) is 7.11 Å². The molecule has 0 N–H and O–H groups in total. The molecule has 0 amide bonds. The minimum Gasteiger partial charge on any atom is -0.469 e. The lowest BCUT2D eigenvalue weighted by molar-refractivity contribution is -0.141. The smallest absolute Gasteiger partial charge is 0.306 e. The molecule has 0 bridgehead atoms. The average molecular weight is 270 g/mol. The molecule has 0 saturated carbocycles. The summed E-state index contributed by atoms with van der Waals surface area (Å²) in [6.45, 7) is 6.49. The number of carbonyl (C=O) groups is 1. The van der Waals surface area contributed by atoms with Crippen LogP contribution in [0.25, 0.3) is 0 Å². The van der Waals surface area contributed by atoms with Crippen LogP contribution >= 0.6 is 0 Å². The summed E-state index contributed by atoms with van der Waals surface area (Å²) in [4.78, 5) is 13.3. The van der Waals surface area contributed by atoms with Crippen molar-refractivity contribution in [2.24, 2.45) is 0 Å². The molecule has 0 aliphatic carbocycles. The van der Waals surface area contributed by atoms with Gasteiger partial charge in [0.1, 0.15) is 5.76 Å². The summed E-state index contributed by atoms with van der Waals surface area (Å²) < 4.78 is 14.9. The zero-order valence-electron chi connectivity index (χ0n) is 12.1. The molecule has 0 spiro atoms. The van der Waals surface area contributed by atoms with E-state index in [0.717, 1.165) is 23.6 Å². The third-order valence-electron chi connectivity index (χ3n) is 3.03. The molecule has 0 unspecified atom stereocenters. The molecule has 0 aliphatic heterocycles. The number of rotatable bonds is 8. The van der Waals surface area contributed by atoms with Crippen molar-refractivity contribution in [3.63, 3.8) is 0 Å². The minimum atomic E-state index is -0.207. The van der Waals surface area contributed by atoms with Crippen LogP contribution in [-0.2, 0) is 20.8 Å². The standard InChI is InChI=1S/C13H22N2O4/c1-10-12(11(2)19-14-10)9-15(7-8-17-3)6-5-13(16)18-4/h5-9H2,1-4H3. The highest BCUT2D eigenvalue weighted by Gasteiger charge is 2.15. The van der Waals surface area contributed by atoms with Crippen molar-refractivity contribution in [3.8, 4) is 0 Å². The minimum absolute atomic E-state index is 0.207. The quantitative estimate of drug-likeness (QED) is 0.663. The topological polar surface area (TPSA) is 64.8 Å². The van der Waals surface area contributed by atoms with Crippen LogP contribution in [0.4, 0.5) is 0 Å². The molecule has 0 radical (unpaired) electrons. The van der Waals surface area contributed by atoms with E-state index in [1.54, 1.807) is 7.11 Å². The number of methoxy groups -OCH3 is 2. The van der Waals surface area contributed by atoms with E-state index in [1.807, 2.05) is 13.8 Å². The first kappa shape index (κ1) is 15.7. The van der Waals surface area contributed by atoms with Crippen molar-refractivity contribution in [2.45, 2.75) is 26.8 Å². The number of aryl methyl sites for hydroxylation is 2. The number of ether oxygens (including phenoxy) is 2. The monoisotopic (exact) mass is 270 g/mol. The largest absolute Gasteiger partial charge is 0.469 e. The SMILES string of the molecule is COCCN(CCC(=O)OC)Cc1c(C)noc1C. The summed E-state index contributed by atoms with van der Waals surface area (Å²) in [5, 5.41) is 3.94. The highest BCUT2D eigenvalue weighted by atomic mass is 16.5. The fraction of sp³-hybridized carbons (Fsp3) is 0.692. The number of esters is 1. The average Bonchev–Trinajstić information content (AvgIpc) is 2.72. The van der Waals surface area contributed by atoms with Crippen LogP contribution in [0.5, 0.6) is 0 Å². The molecular weight excluding hydrogens is 248 g/mol. The summed E-state index contributed by atoms with van der Waals surface area (Å²) in [6, 6.07) is 0. The van der Waals surface area contributed by atoms with Crippen LogP contribution in [-0.4, -0.2) is 49.9 Å². The summed E-state index contributed by atoms with van der Waals surface area (Å²) in [5.74, 6) is 0.610. The lowest BCUT2D eigenvalue weighted by atomic mass is 10.2. The van der Waals surface area contributed by atoms with Gasteiger partial charge in [-0.2, -0.15) is 0 Å². The molecular formula is C13H22N2O4. The van der Waals surface area contributed by atoms with Gasteiger partial charge in [0.15, 0.2) is 0 Å². The van der Waals surface area contributed by atoms with Crippen LogP contribution in [0.1, 0.15) is 23.4 Å². The molecule has 1 aromatic heterocycles. The maximum absolute atomic E-state index is 11.2. The van der Waals surface area contributed by atoms with Crippen molar-refractivity contribution in [1.82, 2.24) is 10.1 Å². The molecule has 1 heterocycles. The second-order valence-electron chi connectivity index (χ2n) is 4.40. The zero-order chi connectivity index (χ0) is 14.3.